The van der Waals surface area contributed by atoms with Crippen LogP contribution >= 0.6 is 23.2 Å². The average Bonchev–Trinajstić information content (AvgIpc) is 1.92. The summed E-state index contributed by atoms with van der Waals surface area (Å²) >= 11 is 10.6. The molecule has 0 fully saturated rings. The molecule has 12 heavy (non-hydrogen) atoms. The van der Waals surface area contributed by atoms with E-state index in [0.29, 0.717) is 0 Å². The Balaban J connectivity index is 3.23. The fourth-order valence-electron chi connectivity index (χ4n) is 0.665. The second kappa shape index (κ2) is 3.15. The van der Waals surface area contributed by atoms with E-state index >= 15 is 0 Å². The number of benzene rings is 1. The number of hydrogen-bond acceptors (Lipinski definition) is 0. The highest BCUT2D eigenvalue weighted by Crippen LogP contribution is 2.35. The molecule has 5 heteroatoms. The molecule has 0 amide bonds. The van der Waals surface area contributed by atoms with Crippen LogP contribution in [0.1, 0.15) is 5.56 Å². The van der Waals surface area contributed by atoms with Crippen LogP contribution in [-0.4, -0.2) is 0 Å². The highest BCUT2D eigenvalue weighted by molar-refractivity contribution is 6.33. The van der Waals surface area contributed by atoms with Crippen LogP contribution in [0.4, 0.5) is 13.2 Å². The van der Waals surface area contributed by atoms with Gasteiger partial charge < -0.3 is 0 Å². The Morgan fingerprint density at radius 1 is 1.25 bits per heavy atom. The third kappa shape index (κ3) is 2.05. The highest BCUT2D eigenvalue weighted by Gasteiger charge is 2.33. The summed E-state index contributed by atoms with van der Waals surface area (Å²) in [4.78, 5) is 0. The smallest absolute Gasteiger partial charge is 0.166 e. The highest BCUT2D eigenvalue weighted by atomic mass is 35.5. The molecule has 1 radical (unpaired) electrons. The van der Waals surface area contributed by atoms with E-state index in [2.05, 4.69) is 6.07 Å². The molecule has 1 rings (SSSR count). The molecule has 0 heterocycles. The first-order chi connectivity index (χ1) is 5.41. The molecule has 0 N–H and O–H groups in total. The van der Waals surface area contributed by atoms with E-state index in [-0.39, 0.29) is 5.02 Å². The van der Waals surface area contributed by atoms with Gasteiger partial charge in [0, 0.05) is 11.1 Å². The van der Waals surface area contributed by atoms with E-state index in [1.54, 1.807) is 0 Å². The molecule has 0 bridgehead atoms. The van der Waals surface area contributed by atoms with Crippen molar-refractivity contribution in [2.24, 2.45) is 0 Å². The standard InChI is InChI=1S/C7H2Cl2F3/c8-4-1-2-6(9)5(3-4)7(10,11)12/h2-3H. The summed E-state index contributed by atoms with van der Waals surface area (Å²) in [5, 5.41) is -0.501. The van der Waals surface area contributed by atoms with Gasteiger partial charge in [-0.05, 0) is 12.1 Å². The Hall–Kier alpha value is -0.410. The molecule has 0 unspecified atom stereocenters. The molecular weight excluding hydrogens is 212 g/mol. The maximum Gasteiger partial charge on any atom is 0.417 e. The molecule has 0 aromatic heterocycles. The summed E-state index contributed by atoms with van der Waals surface area (Å²) in [5.74, 6) is 0. The Morgan fingerprint density at radius 3 is 2.25 bits per heavy atom. The molecule has 0 nitrogen and oxygen atoms in total. The van der Waals surface area contributed by atoms with Crippen LogP contribution in [0.3, 0.4) is 0 Å². The Bertz CT molecular complexity index is 293. The summed E-state index contributed by atoms with van der Waals surface area (Å²) < 4.78 is 36.2. The van der Waals surface area contributed by atoms with Crippen molar-refractivity contribution >= 4 is 23.2 Å². The lowest BCUT2D eigenvalue weighted by Crippen LogP contribution is -2.05. The van der Waals surface area contributed by atoms with Gasteiger partial charge in [0.2, 0.25) is 0 Å². The van der Waals surface area contributed by atoms with Crippen molar-refractivity contribution in [3.63, 3.8) is 0 Å². The van der Waals surface area contributed by atoms with Crippen molar-refractivity contribution in [1.29, 1.82) is 0 Å². The number of hydrogen-bond donors (Lipinski definition) is 0. The number of alkyl halides is 3. The summed E-state index contributed by atoms with van der Waals surface area (Å²) in [7, 11) is 0. The average molecular weight is 214 g/mol. The van der Waals surface area contributed by atoms with E-state index in [9.17, 15) is 13.2 Å². The molecular formula is C7H2Cl2F3. The van der Waals surface area contributed by atoms with Gasteiger partial charge in [-0.3, -0.25) is 0 Å². The molecule has 0 saturated carbocycles. The minimum atomic E-state index is -4.46. The molecule has 1 aromatic rings. The molecule has 0 atom stereocenters. The first kappa shape index (κ1) is 9.68. The van der Waals surface area contributed by atoms with Crippen molar-refractivity contribution in [2.75, 3.05) is 0 Å². The third-order valence-corrected chi connectivity index (χ3v) is 1.70. The number of halogens is 5. The fraction of sp³-hybridized carbons (Fsp3) is 0.143. The monoisotopic (exact) mass is 213 g/mol. The molecule has 0 saturated heterocycles. The fourth-order valence-corrected chi connectivity index (χ4v) is 1.04. The molecule has 65 valence electrons. The predicted molar refractivity (Wildman–Crippen MR) is 40.3 cm³/mol. The van der Waals surface area contributed by atoms with E-state index in [4.69, 9.17) is 23.2 Å². The van der Waals surface area contributed by atoms with Crippen molar-refractivity contribution in [3.05, 3.63) is 33.8 Å². The van der Waals surface area contributed by atoms with Gasteiger partial charge in [0.1, 0.15) is 0 Å². The third-order valence-electron chi connectivity index (χ3n) is 1.17. The summed E-state index contributed by atoms with van der Waals surface area (Å²) in [5.41, 5.74) is -0.937. The van der Waals surface area contributed by atoms with Gasteiger partial charge in [0.25, 0.3) is 0 Å². The summed E-state index contributed by atoms with van der Waals surface area (Å²) in [6.07, 6.45) is -4.46. The number of rotatable bonds is 0. The summed E-state index contributed by atoms with van der Waals surface area (Å²) in [6.45, 7) is 0. The first-order valence-electron chi connectivity index (χ1n) is 2.85. The van der Waals surface area contributed by atoms with Crippen LogP contribution in [0, 0.1) is 6.07 Å². The zero-order valence-corrected chi connectivity index (χ0v) is 7.06. The zero-order valence-electron chi connectivity index (χ0n) is 5.54. The maximum absolute atomic E-state index is 12.1. The van der Waals surface area contributed by atoms with Crippen LogP contribution in [0.5, 0.6) is 0 Å². The molecule has 0 aliphatic rings. The van der Waals surface area contributed by atoms with Crippen molar-refractivity contribution < 1.29 is 13.2 Å². The van der Waals surface area contributed by atoms with E-state index in [1.165, 1.54) is 0 Å². The lowest BCUT2D eigenvalue weighted by molar-refractivity contribution is -0.137. The quantitative estimate of drug-likeness (QED) is 0.615. The molecule has 0 spiro atoms. The van der Waals surface area contributed by atoms with Gasteiger partial charge in [-0.25, -0.2) is 0 Å². The van der Waals surface area contributed by atoms with E-state index in [1.807, 2.05) is 0 Å². The first-order valence-corrected chi connectivity index (χ1v) is 3.61. The van der Waals surface area contributed by atoms with Gasteiger partial charge in [-0.2, -0.15) is 13.2 Å². The molecule has 0 aliphatic heterocycles. The van der Waals surface area contributed by atoms with Crippen LogP contribution < -0.4 is 0 Å². The lowest BCUT2D eigenvalue weighted by atomic mass is 10.2. The maximum atomic E-state index is 12.1. The van der Waals surface area contributed by atoms with Crippen molar-refractivity contribution in [3.8, 4) is 0 Å². The molecule has 0 aliphatic carbocycles. The van der Waals surface area contributed by atoms with Gasteiger partial charge in [-0.15, -0.1) is 0 Å². The second-order valence-corrected chi connectivity index (χ2v) is 2.85. The Labute approximate surface area is 76.9 Å². The van der Waals surface area contributed by atoms with Gasteiger partial charge >= 0.3 is 6.18 Å². The van der Waals surface area contributed by atoms with Crippen LogP contribution in [0.25, 0.3) is 0 Å². The minimum Gasteiger partial charge on any atom is -0.166 e. The Kier molecular flexibility index (Phi) is 2.54. The van der Waals surface area contributed by atoms with Gasteiger partial charge in [0.05, 0.1) is 10.6 Å². The zero-order chi connectivity index (χ0) is 9.35. The second-order valence-electron chi connectivity index (χ2n) is 2.04. The Morgan fingerprint density at radius 2 is 1.83 bits per heavy atom. The predicted octanol–water partition coefficient (Wildman–Crippen LogP) is 3.81. The van der Waals surface area contributed by atoms with E-state index in [0.717, 1.165) is 12.1 Å². The van der Waals surface area contributed by atoms with Crippen molar-refractivity contribution in [1.82, 2.24) is 0 Å². The van der Waals surface area contributed by atoms with Crippen LogP contribution in [0.15, 0.2) is 12.1 Å². The normalized spacial score (nSPS) is 11.8. The lowest BCUT2D eigenvalue weighted by Gasteiger charge is -2.07. The van der Waals surface area contributed by atoms with E-state index < -0.39 is 16.8 Å². The molecule has 1 aromatic carbocycles. The summed E-state index contributed by atoms with van der Waals surface area (Å²) in [6, 6.07) is 4.08. The SMILES string of the molecule is FC(F)(F)c1cc(Cl)[c]cc1Cl. The topological polar surface area (TPSA) is 0 Å². The van der Waals surface area contributed by atoms with Crippen molar-refractivity contribution in [2.45, 2.75) is 6.18 Å². The minimum absolute atomic E-state index is 0.105. The van der Waals surface area contributed by atoms with Gasteiger partial charge in [-0.1, -0.05) is 23.2 Å². The van der Waals surface area contributed by atoms with Crippen LogP contribution in [0.2, 0.25) is 10.0 Å². The largest absolute Gasteiger partial charge is 0.417 e. The van der Waals surface area contributed by atoms with Gasteiger partial charge in [0.15, 0.2) is 0 Å². The van der Waals surface area contributed by atoms with Crippen LogP contribution in [-0.2, 0) is 6.18 Å².